The van der Waals surface area contributed by atoms with Gasteiger partial charge in [0.2, 0.25) is 11.0 Å². The van der Waals surface area contributed by atoms with Crippen LogP contribution in [-0.2, 0) is 11.2 Å². The largest absolute Gasteiger partial charge is 0.300 e. The summed E-state index contributed by atoms with van der Waals surface area (Å²) >= 11 is 6.46. The lowest BCUT2D eigenvalue weighted by molar-refractivity contribution is -0.115. The topological polar surface area (TPSA) is 67.8 Å². The highest BCUT2D eigenvalue weighted by molar-refractivity contribution is 9.10. The SMILES string of the molecule is CCC(CC)c1nnc(NC(=O)Cc2csc(-c3cccc(Br)c3)n2)s1. The number of hydrogen-bond acceptors (Lipinski definition) is 6. The number of aromatic nitrogens is 3. The quantitative estimate of drug-likeness (QED) is 0.515. The first-order valence-electron chi connectivity index (χ1n) is 8.42. The lowest BCUT2D eigenvalue weighted by Gasteiger charge is -2.05. The molecule has 0 aliphatic rings. The van der Waals surface area contributed by atoms with E-state index in [4.69, 9.17) is 0 Å². The van der Waals surface area contributed by atoms with Crippen LogP contribution in [0, 0.1) is 0 Å². The van der Waals surface area contributed by atoms with Gasteiger partial charge in [0.1, 0.15) is 10.0 Å². The fraction of sp³-hybridized carbons (Fsp3) is 0.333. The predicted octanol–water partition coefficient (Wildman–Crippen LogP) is 5.51. The van der Waals surface area contributed by atoms with Crippen LogP contribution in [0.2, 0.25) is 0 Å². The molecular formula is C18H19BrN4OS2. The Morgan fingerprint density at radius 1 is 1.27 bits per heavy atom. The molecule has 136 valence electrons. The van der Waals surface area contributed by atoms with Crippen LogP contribution in [0.15, 0.2) is 34.1 Å². The van der Waals surface area contributed by atoms with E-state index in [2.05, 4.69) is 50.3 Å². The van der Waals surface area contributed by atoms with E-state index in [9.17, 15) is 4.79 Å². The van der Waals surface area contributed by atoms with Crippen molar-refractivity contribution in [3.05, 3.63) is 44.8 Å². The summed E-state index contributed by atoms with van der Waals surface area (Å²) in [6.45, 7) is 4.28. The Kier molecular flexibility index (Phi) is 6.50. The van der Waals surface area contributed by atoms with Crippen LogP contribution in [0.3, 0.4) is 0 Å². The third-order valence-electron chi connectivity index (χ3n) is 3.99. The Bertz CT molecular complexity index is 889. The summed E-state index contributed by atoms with van der Waals surface area (Å²) in [4.78, 5) is 16.9. The smallest absolute Gasteiger partial charge is 0.232 e. The van der Waals surface area contributed by atoms with Crippen LogP contribution in [0.25, 0.3) is 10.6 Å². The summed E-state index contributed by atoms with van der Waals surface area (Å²) in [6, 6.07) is 7.97. The van der Waals surface area contributed by atoms with Gasteiger partial charge >= 0.3 is 0 Å². The minimum Gasteiger partial charge on any atom is -0.300 e. The number of halogens is 1. The van der Waals surface area contributed by atoms with Gasteiger partial charge in [-0.25, -0.2) is 4.98 Å². The Hall–Kier alpha value is -1.64. The van der Waals surface area contributed by atoms with E-state index in [0.29, 0.717) is 11.0 Å². The molecule has 8 heteroatoms. The Balaban J connectivity index is 1.62. The van der Waals surface area contributed by atoms with Crippen molar-refractivity contribution in [3.8, 4) is 10.6 Å². The second-order valence-electron chi connectivity index (χ2n) is 5.84. The molecule has 0 saturated carbocycles. The zero-order chi connectivity index (χ0) is 18.5. The van der Waals surface area contributed by atoms with E-state index < -0.39 is 0 Å². The molecule has 5 nitrogen and oxygen atoms in total. The molecule has 0 aliphatic heterocycles. The van der Waals surface area contributed by atoms with E-state index >= 15 is 0 Å². The molecule has 0 bridgehead atoms. The first-order valence-corrected chi connectivity index (χ1v) is 10.9. The number of hydrogen-bond donors (Lipinski definition) is 1. The van der Waals surface area contributed by atoms with Crippen molar-refractivity contribution in [2.75, 3.05) is 5.32 Å². The summed E-state index contributed by atoms with van der Waals surface area (Å²) in [6.07, 6.45) is 2.27. The molecule has 3 aromatic rings. The molecule has 0 spiro atoms. The summed E-state index contributed by atoms with van der Waals surface area (Å²) in [5.74, 6) is 0.285. The molecule has 0 atom stereocenters. The number of anilines is 1. The highest BCUT2D eigenvalue weighted by atomic mass is 79.9. The summed E-state index contributed by atoms with van der Waals surface area (Å²) in [5.41, 5.74) is 1.79. The van der Waals surface area contributed by atoms with Crippen molar-refractivity contribution in [2.24, 2.45) is 0 Å². The molecule has 0 radical (unpaired) electrons. The lowest BCUT2D eigenvalue weighted by atomic mass is 10.1. The fourth-order valence-electron chi connectivity index (χ4n) is 2.56. The maximum Gasteiger partial charge on any atom is 0.232 e. The predicted molar refractivity (Wildman–Crippen MR) is 111 cm³/mol. The van der Waals surface area contributed by atoms with Crippen molar-refractivity contribution in [1.82, 2.24) is 15.2 Å². The Morgan fingerprint density at radius 2 is 2.08 bits per heavy atom. The zero-order valence-electron chi connectivity index (χ0n) is 14.5. The first-order chi connectivity index (χ1) is 12.6. The van der Waals surface area contributed by atoms with E-state index in [1.54, 1.807) is 0 Å². The van der Waals surface area contributed by atoms with Crippen LogP contribution in [-0.4, -0.2) is 21.1 Å². The average molecular weight is 451 g/mol. The molecule has 0 aliphatic carbocycles. The van der Waals surface area contributed by atoms with Gasteiger partial charge in [0.15, 0.2) is 0 Å². The van der Waals surface area contributed by atoms with E-state index in [1.807, 2.05) is 29.6 Å². The molecule has 1 aromatic carbocycles. The maximum absolute atomic E-state index is 12.3. The van der Waals surface area contributed by atoms with Crippen molar-refractivity contribution in [3.63, 3.8) is 0 Å². The van der Waals surface area contributed by atoms with Crippen molar-refractivity contribution < 1.29 is 4.79 Å². The number of rotatable bonds is 7. The van der Waals surface area contributed by atoms with Crippen LogP contribution in [0.5, 0.6) is 0 Å². The average Bonchev–Trinajstić information content (AvgIpc) is 3.26. The fourth-order valence-corrected chi connectivity index (χ4v) is 4.80. The summed E-state index contributed by atoms with van der Waals surface area (Å²) in [7, 11) is 0. The van der Waals surface area contributed by atoms with Gasteiger partial charge in [-0.2, -0.15) is 0 Å². The molecule has 0 saturated heterocycles. The van der Waals surface area contributed by atoms with Gasteiger partial charge in [0.25, 0.3) is 0 Å². The molecular weight excluding hydrogens is 432 g/mol. The van der Waals surface area contributed by atoms with E-state index in [0.717, 1.165) is 38.6 Å². The van der Waals surface area contributed by atoms with Gasteiger partial charge in [-0.1, -0.05) is 53.2 Å². The molecule has 0 fully saturated rings. The maximum atomic E-state index is 12.3. The highest BCUT2D eigenvalue weighted by Gasteiger charge is 2.15. The molecule has 26 heavy (non-hydrogen) atoms. The molecule has 0 unspecified atom stereocenters. The van der Waals surface area contributed by atoms with E-state index in [-0.39, 0.29) is 12.3 Å². The van der Waals surface area contributed by atoms with Gasteiger partial charge in [0.05, 0.1) is 12.1 Å². The minimum atomic E-state index is -0.122. The van der Waals surface area contributed by atoms with Gasteiger partial charge in [-0.3, -0.25) is 4.79 Å². The number of nitrogens with zero attached hydrogens (tertiary/aromatic N) is 3. The summed E-state index contributed by atoms with van der Waals surface area (Å²) in [5, 5.41) is 15.5. The Morgan fingerprint density at radius 3 is 2.81 bits per heavy atom. The van der Waals surface area contributed by atoms with Crippen LogP contribution in [0.1, 0.15) is 43.3 Å². The third kappa shape index (κ3) is 4.75. The van der Waals surface area contributed by atoms with Crippen LogP contribution < -0.4 is 5.32 Å². The normalized spacial score (nSPS) is 11.1. The number of nitrogens with one attached hydrogen (secondary N) is 1. The van der Waals surface area contributed by atoms with Crippen molar-refractivity contribution in [2.45, 2.75) is 39.0 Å². The monoisotopic (exact) mass is 450 g/mol. The number of benzene rings is 1. The Labute approximate surface area is 169 Å². The summed E-state index contributed by atoms with van der Waals surface area (Å²) < 4.78 is 1.01. The number of carbonyl (C=O) groups excluding carboxylic acids is 1. The molecule has 1 amide bonds. The number of amides is 1. The third-order valence-corrected chi connectivity index (χ3v) is 6.42. The highest BCUT2D eigenvalue weighted by Crippen LogP contribution is 2.29. The van der Waals surface area contributed by atoms with Crippen molar-refractivity contribution >= 4 is 49.6 Å². The van der Waals surface area contributed by atoms with Crippen molar-refractivity contribution in [1.29, 1.82) is 0 Å². The zero-order valence-corrected chi connectivity index (χ0v) is 17.7. The number of carbonyl (C=O) groups is 1. The van der Waals surface area contributed by atoms with Crippen LogP contribution in [0.4, 0.5) is 5.13 Å². The molecule has 2 aromatic heterocycles. The molecule has 1 N–H and O–H groups in total. The van der Waals surface area contributed by atoms with Crippen LogP contribution >= 0.6 is 38.6 Å². The van der Waals surface area contributed by atoms with Gasteiger partial charge in [0, 0.05) is 21.3 Å². The number of thiazole rings is 1. The second-order valence-corrected chi connectivity index (χ2v) is 8.62. The van der Waals surface area contributed by atoms with Gasteiger partial charge in [-0.05, 0) is 25.0 Å². The minimum absolute atomic E-state index is 0.122. The lowest BCUT2D eigenvalue weighted by Crippen LogP contribution is -2.14. The van der Waals surface area contributed by atoms with E-state index in [1.165, 1.54) is 22.7 Å². The standard InChI is InChI=1S/C18H19BrN4OS2/c1-3-11(4-2)17-22-23-18(26-17)21-15(24)9-14-10-25-16(20-14)12-6-5-7-13(19)8-12/h5-8,10-11H,3-4,9H2,1-2H3,(H,21,23,24). The first kappa shape index (κ1) is 19.1. The van der Waals surface area contributed by atoms with Gasteiger partial charge in [-0.15, -0.1) is 21.5 Å². The second kappa shape index (κ2) is 8.83. The molecule has 2 heterocycles. The molecule has 3 rings (SSSR count). The van der Waals surface area contributed by atoms with Gasteiger partial charge < -0.3 is 5.32 Å².